The fraction of sp³-hybridized carbons (Fsp3) is 0.296. The molecule has 0 radical (unpaired) electrons. The smallest absolute Gasteiger partial charge is 0.164 e. The van der Waals surface area contributed by atoms with E-state index in [1.807, 2.05) is 33.8 Å². The van der Waals surface area contributed by atoms with E-state index in [0.29, 0.717) is 29.0 Å². The van der Waals surface area contributed by atoms with Crippen molar-refractivity contribution in [3.8, 4) is 0 Å². The lowest BCUT2D eigenvalue weighted by molar-refractivity contribution is 0.452. The Hall–Kier alpha value is -4.01. The number of nitrogens with two attached hydrogens (primary N) is 1. The summed E-state index contributed by atoms with van der Waals surface area (Å²) in [5, 5.41) is 11.3. The molecular formula is C27H31F2N7. The van der Waals surface area contributed by atoms with Crippen molar-refractivity contribution in [2.75, 3.05) is 11.1 Å². The average molecular weight is 492 g/mol. The lowest BCUT2D eigenvalue weighted by Gasteiger charge is -2.23. The van der Waals surface area contributed by atoms with Gasteiger partial charge in [-0.25, -0.2) is 18.7 Å². The highest BCUT2D eigenvalue weighted by Crippen LogP contribution is 2.29. The predicted octanol–water partition coefficient (Wildman–Crippen LogP) is 5.49. The van der Waals surface area contributed by atoms with Crippen LogP contribution in [0.3, 0.4) is 0 Å². The zero-order chi connectivity index (χ0) is 26.0. The Kier molecular flexibility index (Phi) is 6.92. The Morgan fingerprint density at radius 3 is 2.58 bits per heavy atom. The second-order valence-electron chi connectivity index (χ2n) is 9.86. The first-order valence-electron chi connectivity index (χ1n) is 11.8. The summed E-state index contributed by atoms with van der Waals surface area (Å²) in [4.78, 5) is 8.58. The summed E-state index contributed by atoms with van der Waals surface area (Å²) in [6.07, 6.45) is 3.69. The van der Waals surface area contributed by atoms with Crippen molar-refractivity contribution in [3.05, 3.63) is 83.6 Å². The molecule has 0 aliphatic carbocycles. The van der Waals surface area contributed by atoms with Gasteiger partial charge in [0.15, 0.2) is 5.82 Å². The molecule has 9 heteroatoms. The number of aryl methyl sites for hydroxylation is 1. The number of hydrogen-bond acceptors (Lipinski definition) is 6. The van der Waals surface area contributed by atoms with Crippen LogP contribution in [-0.4, -0.2) is 25.3 Å². The molecule has 0 saturated carbocycles. The molecule has 0 aliphatic rings. The van der Waals surface area contributed by atoms with Gasteiger partial charge in [-0.1, -0.05) is 19.6 Å². The monoisotopic (exact) mass is 491 g/mol. The number of nitrogens with one attached hydrogen (secondary N) is 2. The molecule has 0 atom stereocenters. The molecule has 0 amide bonds. The molecule has 188 valence electrons. The van der Waals surface area contributed by atoms with Gasteiger partial charge in [0, 0.05) is 28.7 Å². The highest BCUT2D eigenvalue weighted by molar-refractivity contribution is 5.93. The van der Waals surface area contributed by atoms with Gasteiger partial charge < -0.3 is 16.4 Å². The molecule has 2 heterocycles. The molecule has 4 N–H and O–H groups in total. The Labute approximate surface area is 209 Å². The summed E-state index contributed by atoms with van der Waals surface area (Å²) in [6.45, 7) is 12.4. The van der Waals surface area contributed by atoms with Crippen LogP contribution in [-0.2, 0) is 19.4 Å². The van der Waals surface area contributed by atoms with Crippen molar-refractivity contribution in [1.29, 1.82) is 0 Å². The second kappa shape index (κ2) is 9.93. The van der Waals surface area contributed by atoms with Gasteiger partial charge in [0.2, 0.25) is 0 Å². The second-order valence-corrected chi connectivity index (χ2v) is 9.86. The van der Waals surface area contributed by atoms with Crippen molar-refractivity contribution < 1.29 is 8.78 Å². The first-order chi connectivity index (χ1) is 17.0. The molecule has 2 aromatic heterocycles. The summed E-state index contributed by atoms with van der Waals surface area (Å²) in [7, 11) is 0. The number of fused-ring (bicyclic) bond motifs is 1. The minimum atomic E-state index is -0.486. The SMILES string of the molecule is C=C(Cn1cc(F)c(Cc2ccc(Nc3ncnc4cc(CC)c(N)cc34)c(F)c2)n1)NC(C)(C)C. The van der Waals surface area contributed by atoms with E-state index in [0.717, 1.165) is 23.2 Å². The maximum absolute atomic E-state index is 15.0. The standard InChI is InChI=1S/C27H31F2N7/c1-6-18-11-24-19(12-22(18)30)26(32-15-31-24)33-23-8-7-17(9-20(23)28)10-25-21(29)14-36(35-25)13-16(2)34-27(3,4)5/h7-9,11-12,14-15,34H,2,6,10,13,30H2,1,3-5H3,(H,31,32,33). The van der Waals surface area contributed by atoms with Gasteiger partial charge in [0.05, 0.1) is 23.9 Å². The molecule has 36 heavy (non-hydrogen) atoms. The van der Waals surface area contributed by atoms with Crippen LogP contribution in [0.15, 0.2) is 55.1 Å². The Bertz CT molecular complexity index is 1420. The van der Waals surface area contributed by atoms with Crippen molar-refractivity contribution in [2.45, 2.75) is 52.6 Å². The van der Waals surface area contributed by atoms with Crippen LogP contribution >= 0.6 is 0 Å². The summed E-state index contributed by atoms with van der Waals surface area (Å²) < 4.78 is 31.0. The molecule has 4 rings (SSSR count). The van der Waals surface area contributed by atoms with Gasteiger partial charge in [0.25, 0.3) is 0 Å². The normalized spacial score (nSPS) is 11.6. The average Bonchev–Trinajstić information content (AvgIpc) is 3.12. The van der Waals surface area contributed by atoms with Crippen molar-refractivity contribution in [1.82, 2.24) is 25.1 Å². The van der Waals surface area contributed by atoms with E-state index in [9.17, 15) is 4.39 Å². The Morgan fingerprint density at radius 2 is 1.89 bits per heavy atom. The van der Waals surface area contributed by atoms with Gasteiger partial charge in [-0.15, -0.1) is 0 Å². The number of aromatic nitrogens is 4. The third-order valence-corrected chi connectivity index (χ3v) is 5.63. The highest BCUT2D eigenvalue weighted by Gasteiger charge is 2.15. The lowest BCUT2D eigenvalue weighted by Crippen LogP contribution is -2.36. The molecule has 0 unspecified atom stereocenters. The number of nitrogens with zero attached hydrogens (tertiary/aromatic N) is 4. The molecule has 2 aromatic carbocycles. The van der Waals surface area contributed by atoms with Crippen LogP contribution in [0.1, 0.15) is 44.5 Å². The van der Waals surface area contributed by atoms with E-state index < -0.39 is 11.6 Å². The van der Waals surface area contributed by atoms with Crippen LogP contribution in [0.25, 0.3) is 10.9 Å². The molecular weight excluding hydrogens is 460 g/mol. The fourth-order valence-corrected chi connectivity index (χ4v) is 4.06. The third-order valence-electron chi connectivity index (χ3n) is 5.63. The van der Waals surface area contributed by atoms with Crippen LogP contribution in [0.5, 0.6) is 0 Å². The van der Waals surface area contributed by atoms with Crippen molar-refractivity contribution in [3.63, 3.8) is 0 Å². The van der Waals surface area contributed by atoms with Gasteiger partial charge in [-0.3, -0.25) is 4.68 Å². The van der Waals surface area contributed by atoms with E-state index in [2.05, 4.69) is 32.3 Å². The zero-order valence-corrected chi connectivity index (χ0v) is 21.0. The predicted molar refractivity (Wildman–Crippen MR) is 140 cm³/mol. The number of halogens is 2. The first-order valence-corrected chi connectivity index (χ1v) is 11.8. The maximum atomic E-state index is 15.0. The number of hydrogen-bond donors (Lipinski definition) is 3. The minimum absolute atomic E-state index is 0.151. The van der Waals surface area contributed by atoms with Crippen LogP contribution in [0.2, 0.25) is 0 Å². The number of anilines is 3. The summed E-state index contributed by atoms with van der Waals surface area (Å²) in [5.41, 5.74) is 10.2. The largest absolute Gasteiger partial charge is 0.398 e. The summed E-state index contributed by atoms with van der Waals surface area (Å²) in [6, 6.07) is 8.42. The fourth-order valence-electron chi connectivity index (χ4n) is 4.06. The van der Waals surface area contributed by atoms with E-state index in [1.54, 1.807) is 18.2 Å². The van der Waals surface area contributed by atoms with Crippen molar-refractivity contribution >= 4 is 28.1 Å². The van der Waals surface area contributed by atoms with Gasteiger partial charge in [0.1, 0.15) is 23.7 Å². The van der Waals surface area contributed by atoms with E-state index in [4.69, 9.17) is 5.73 Å². The highest BCUT2D eigenvalue weighted by atomic mass is 19.1. The number of allylic oxidation sites excluding steroid dienone is 1. The topological polar surface area (TPSA) is 93.7 Å². The Balaban J connectivity index is 1.50. The molecule has 0 saturated heterocycles. The number of benzene rings is 2. The summed E-state index contributed by atoms with van der Waals surface area (Å²) >= 11 is 0. The first kappa shape index (κ1) is 25.1. The third kappa shape index (κ3) is 5.79. The minimum Gasteiger partial charge on any atom is -0.398 e. The molecule has 0 fully saturated rings. The van der Waals surface area contributed by atoms with Crippen LogP contribution < -0.4 is 16.4 Å². The molecule has 0 bridgehead atoms. The maximum Gasteiger partial charge on any atom is 0.164 e. The Morgan fingerprint density at radius 1 is 1.11 bits per heavy atom. The summed E-state index contributed by atoms with van der Waals surface area (Å²) in [5.74, 6) is -0.479. The lowest BCUT2D eigenvalue weighted by atomic mass is 10.1. The van der Waals surface area contributed by atoms with Gasteiger partial charge >= 0.3 is 0 Å². The van der Waals surface area contributed by atoms with Gasteiger partial charge in [-0.05, 0) is 62.6 Å². The van der Waals surface area contributed by atoms with E-state index in [1.165, 1.54) is 23.3 Å². The van der Waals surface area contributed by atoms with Crippen molar-refractivity contribution in [2.24, 2.45) is 0 Å². The van der Waals surface area contributed by atoms with E-state index >= 15 is 4.39 Å². The molecule has 7 nitrogen and oxygen atoms in total. The van der Waals surface area contributed by atoms with Crippen LogP contribution in [0, 0.1) is 11.6 Å². The molecule has 0 aliphatic heterocycles. The number of rotatable bonds is 8. The molecule has 4 aromatic rings. The van der Waals surface area contributed by atoms with E-state index in [-0.39, 0.29) is 23.3 Å². The zero-order valence-electron chi connectivity index (χ0n) is 21.0. The van der Waals surface area contributed by atoms with Crippen LogP contribution in [0.4, 0.5) is 26.0 Å². The molecule has 0 spiro atoms. The quantitative estimate of drug-likeness (QED) is 0.283. The van der Waals surface area contributed by atoms with Gasteiger partial charge in [-0.2, -0.15) is 5.10 Å². The number of nitrogen functional groups attached to an aromatic ring is 1.